The van der Waals surface area contributed by atoms with E-state index in [4.69, 9.17) is 23.5 Å². The maximum atomic E-state index is 12.3. The second-order valence-corrected chi connectivity index (χ2v) is 23.7. The molecule has 0 bridgehead atoms. The molecule has 5 aromatic rings. The minimum atomic E-state index is -0.419. The molecule has 1 aliphatic rings. The highest BCUT2D eigenvalue weighted by Crippen LogP contribution is 2.44. The van der Waals surface area contributed by atoms with Gasteiger partial charge in [0.1, 0.15) is 24.7 Å². The molecule has 0 unspecified atom stereocenters. The molecule has 0 saturated carbocycles. The summed E-state index contributed by atoms with van der Waals surface area (Å²) in [7, 11) is -0.365. The molecule has 10 heteroatoms. The van der Waals surface area contributed by atoms with Crippen LogP contribution in [0, 0.1) is 38.5 Å². The van der Waals surface area contributed by atoms with Crippen molar-refractivity contribution in [1.29, 1.82) is 0 Å². The number of pyridine rings is 1. The summed E-state index contributed by atoms with van der Waals surface area (Å²) < 4.78 is 29.5. The van der Waals surface area contributed by atoms with Gasteiger partial charge in [-0.05, 0) is 156 Å². The minimum absolute atomic E-state index is 0.0783. The number of aromatic nitrogens is 1. The number of hydrogen-bond acceptors (Lipinski definition) is 9. The lowest BCUT2D eigenvalue weighted by Crippen LogP contribution is -2.41. The Balaban J connectivity index is 0.000000278. The first-order valence-electron chi connectivity index (χ1n) is 27.3. The first kappa shape index (κ1) is 60.3. The van der Waals surface area contributed by atoms with Gasteiger partial charge in [-0.2, -0.15) is 0 Å². The van der Waals surface area contributed by atoms with Gasteiger partial charge in [0.25, 0.3) is 0 Å². The zero-order valence-corrected chi connectivity index (χ0v) is 49.1. The standard InChI is InChI=1S/C34H43NO4.C31H45BO4/c1-9-34(10-2,27-14-17-30(24(5)19-27)39-22-31(36)33(6,7)8)26-13-15-28(23(4)18-26)29-16-12-25(21-35-29)20-32(37)38-11-3;1-12-31(13-2,24-15-17-26(22(4)19-24)34-20-27(33)28(5,6)7)23-14-16-25(21(3)18-23)32-35-29(8,9)30(10,11)36-32/h12-19,21H,9-11,20,22H2,1-8H3;14-19H,12-13,20H2,1-11H3. The molecule has 0 spiro atoms. The monoisotopic (exact) mass is 1020 g/mol. The van der Waals surface area contributed by atoms with Gasteiger partial charge >= 0.3 is 13.1 Å². The summed E-state index contributed by atoms with van der Waals surface area (Å²) >= 11 is 0. The number of aryl methyl sites for hydroxylation is 4. The second kappa shape index (κ2) is 24.2. The molecule has 0 radical (unpaired) electrons. The molecule has 1 saturated heterocycles. The van der Waals surface area contributed by atoms with Crippen LogP contribution >= 0.6 is 0 Å². The molecule has 1 fully saturated rings. The molecule has 1 aliphatic heterocycles. The molecule has 404 valence electrons. The highest BCUT2D eigenvalue weighted by Gasteiger charge is 2.52. The molecule has 1 aromatic heterocycles. The van der Waals surface area contributed by atoms with Crippen LogP contribution in [0.5, 0.6) is 11.5 Å². The maximum absolute atomic E-state index is 12.3. The van der Waals surface area contributed by atoms with Crippen molar-refractivity contribution in [3.63, 3.8) is 0 Å². The largest absolute Gasteiger partial charge is 0.495 e. The van der Waals surface area contributed by atoms with Crippen molar-refractivity contribution in [1.82, 2.24) is 4.98 Å². The summed E-state index contributed by atoms with van der Waals surface area (Å²) in [6, 6.07) is 30.0. The molecule has 2 heterocycles. The van der Waals surface area contributed by atoms with Crippen LogP contribution in [-0.4, -0.2) is 60.7 Å². The minimum Gasteiger partial charge on any atom is -0.486 e. The third kappa shape index (κ3) is 13.7. The summed E-state index contributed by atoms with van der Waals surface area (Å²) in [4.78, 5) is 41.1. The van der Waals surface area contributed by atoms with E-state index >= 15 is 0 Å². The highest BCUT2D eigenvalue weighted by atomic mass is 16.7. The van der Waals surface area contributed by atoms with E-state index in [0.717, 1.165) is 76.2 Å². The van der Waals surface area contributed by atoms with Gasteiger partial charge in [-0.3, -0.25) is 19.4 Å². The van der Waals surface area contributed by atoms with Crippen molar-refractivity contribution < 1.29 is 37.9 Å². The van der Waals surface area contributed by atoms with Crippen LogP contribution in [0.15, 0.2) is 91.1 Å². The molecule has 0 amide bonds. The molecule has 0 aliphatic carbocycles. The third-order valence-corrected chi connectivity index (χ3v) is 16.1. The van der Waals surface area contributed by atoms with Crippen LogP contribution in [0.3, 0.4) is 0 Å². The topological polar surface area (TPSA) is 110 Å². The lowest BCUT2D eigenvalue weighted by atomic mass is 9.68. The number of ether oxygens (including phenoxy) is 3. The van der Waals surface area contributed by atoms with E-state index in [1.165, 1.54) is 27.8 Å². The van der Waals surface area contributed by atoms with Crippen molar-refractivity contribution in [2.45, 2.75) is 186 Å². The van der Waals surface area contributed by atoms with Gasteiger partial charge in [0, 0.05) is 33.4 Å². The van der Waals surface area contributed by atoms with E-state index in [2.05, 4.69) is 142 Å². The van der Waals surface area contributed by atoms with Crippen molar-refractivity contribution in [2.24, 2.45) is 10.8 Å². The summed E-state index contributed by atoms with van der Waals surface area (Å²) in [5, 5.41) is 0. The van der Waals surface area contributed by atoms with Gasteiger partial charge in [0.15, 0.2) is 11.6 Å². The van der Waals surface area contributed by atoms with Crippen LogP contribution in [-0.2, 0) is 45.7 Å². The summed E-state index contributed by atoms with van der Waals surface area (Å²) in [6.07, 6.45) is 5.83. The molecule has 0 N–H and O–H groups in total. The first-order valence-corrected chi connectivity index (χ1v) is 27.3. The number of rotatable bonds is 19. The number of nitrogens with zero attached hydrogens (tertiary/aromatic N) is 1. The fourth-order valence-electron chi connectivity index (χ4n) is 9.93. The zero-order valence-electron chi connectivity index (χ0n) is 49.1. The Hall–Kier alpha value is -5.58. The molecule has 75 heavy (non-hydrogen) atoms. The van der Waals surface area contributed by atoms with Gasteiger partial charge in [0.2, 0.25) is 0 Å². The van der Waals surface area contributed by atoms with E-state index in [-0.39, 0.29) is 66.3 Å². The summed E-state index contributed by atoms with van der Waals surface area (Å²) in [5.41, 5.74) is 11.5. The number of carbonyl (C=O) groups is 3. The number of hydrogen-bond donors (Lipinski definition) is 0. The molecule has 4 aromatic carbocycles. The lowest BCUT2D eigenvalue weighted by molar-refractivity contribution is -0.142. The van der Waals surface area contributed by atoms with Gasteiger partial charge in [-0.25, -0.2) is 0 Å². The zero-order chi connectivity index (χ0) is 55.9. The predicted molar refractivity (Wildman–Crippen MR) is 307 cm³/mol. The SMILES string of the molecule is CCC(CC)(c1ccc(OCC(=O)C(C)(C)C)c(C)c1)c1ccc(B2OC(C)(C)C(C)(C)O2)c(C)c1.CCOC(=O)Cc1ccc(-c2ccc(C(CC)(CC)c3ccc(OCC(=O)C(C)(C)C)c(C)c3)cc2C)nc1. The maximum Gasteiger partial charge on any atom is 0.495 e. The van der Waals surface area contributed by atoms with Gasteiger partial charge < -0.3 is 23.5 Å². The quantitative estimate of drug-likeness (QED) is 0.0590. The Morgan fingerprint density at radius 3 is 1.32 bits per heavy atom. The van der Waals surface area contributed by atoms with Crippen molar-refractivity contribution in [2.75, 3.05) is 19.8 Å². The Morgan fingerprint density at radius 1 is 0.547 bits per heavy atom. The smallest absolute Gasteiger partial charge is 0.486 e. The second-order valence-electron chi connectivity index (χ2n) is 23.7. The van der Waals surface area contributed by atoms with E-state index in [1.807, 2.05) is 72.7 Å². The Labute approximate surface area is 451 Å². The normalized spacial score (nSPS) is 14.5. The molecule has 0 atom stereocenters. The van der Waals surface area contributed by atoms with Gasteiger partial charge in [-0.15, -0.1) is 0 Å². The molecular weight excluding hydrogens is 934 g/mol. The number of benzene rings is 4. The Bertz CT molecular complexity index is 2770. The van der Waals surface area contributed by atoms with Crippen LogP contribution in [0.1, 0.15) is 180 Å². The number of carbonyl (C=O) groups excluding carboxylic acids is 3. The predicted octanol–water partition coefficient (Wildman–Crippen LogP) is 14.3. The van der Waals surface area contributed by atoms with E-state index in [0.29, 0.717) is 6.61 Å². The van der Waals surface area contributed by atoms with E-state index in [1.54, 1.807) is 13.1 Å². The van der Waals surface area contributed by atoms with Crippen molar-refractivity contribution >= 4 is 30.1 Å². The fourth-order valence-corrected chi connectivity index (χ4v) is 9.93. The number of Topliss-reactive ketones (excluding diaryl/α,β-unsaturated/α-hetero) is 2. The average Bonchev–Trinajstić information content (AvgIpc) is 3.56. The lowest BCUT2D eigenvalue weighted by Gasteiger charge is -2.34. The first-order chi connectivity index (χ1) is 35.0. The Morgan fingerprint density at radius 2 is 0.960 bits per heavy atom. The van der Waals surface area contributed by atoms with Gasteiger partial charge in [0.05, 0.1) is 29.9 Å². The number of ketones is 2. The van der Waals surface area contributed by atoms with Gasteiger partial charge in [-0.1, -0.05) is 142 Å². The van der Waals surface area contributed by atoms with Crippen molar-refractivity contribution in [3.05, 3.63) is 141 Å². The number of esters is 1. The van der Waals surface area contributed by atoms with Crippen LogP contribution in [0.2, 0.25) is 0 Å². The fraction of sp³-hybridized carbons (Fsp3) is 0.508. The van der Waals surface area contributed by atoms with E-state index in [9.17, 15) is 14.4 Å². The summed E-state index contributed by atoms with van der Waals surface area (Å²) in [6.45, 7) is 39.6. The molecule has 9 nitrogen and oxygen atoms in total. The van der Waals surface area contributed by atoms with Crippen molar-refractivity contribution in [3.8, 4) is 22.8 Å². The summed E-state index contributed by atoms with van der Waals surface area (Å²) in [5.74, 6) is 1.46. The molecular formula is C65H88BNO8. The van der Waals surface area contributed by atoms with Crippen LogP contribution in [0.25, 0.3) is 11.3 Å². The third-order valence-electron chi connectivity index (χ3n) is 16.1. The highest BCUT2D eigenvalue weighted by molar-refractivity contribution is 6.62. The Kier molecular flexibility index (Phi) is 19.4. The average molecular weight is 1020 g/mol. The van der Waals surface area contributed by atoms with E-state index < -0.39 is 10.8 Å². The molecule has 6 rings (SSSR count). The van der Waals surface area contributed by atoms with Crippen LogP contribution in [0.4, 0.5) is 0 Å². The van der Waals surface area contributed by atoms with Crippen LogP contribution < -0.4 is 14.9 Å².